The van der Waals surface area contributed by atoms with Gasteiger partial charge in [-0.25, -0.2) is 8.42 Å². The molecule has 0 aliphatic carbocycles. The van der Waals surface area contributed by atoms with Gasteiger partial charge in [0.15, 0.2) is 0 Å². The van der Waals surface area contributed by atoms with Crippen LogP contribution in [0.25, 0.3) is 0 Å². The summed E-state index contributed by atoms with van der Waals surface area (Å²) in [5.41, 5.74) is 0. The Kier molecular flexibility index (Phi) is 3.76. The minimum absolute atomic E-state index is 0.511. The summed E-state index contributed by atoms with van der Waals surface area (Å²) in [5, 5.41) is -12.5. The molecule has 0 unspecified atom stereocenters. The summed E-state index contributed by atoms with van der Waals surface area (Å²) >= 11 is 3.57. The van der Waals surface area contributed by atoms with Crippen molar-refractivity contribution < 1.29 is 43.5 Å². The Morgan fingerprint density at radius 3 is 1.29 bits per heavy atom. The van der Waals surface area contributed by atoms with Gasteiger partial charge in [-0.2, -0.15) is 35.1 Å². The minimum atomic E-state index is -6.88. The van der Waals surface area contributed by atoms with Crippen molar-refractivity contribution >= 4 is 21.4 Å². The van der Waals surface area contributed by atoms with Crippen molar-refractivity contribution in [2.24, 2.45) is 0 Å². The first-order valence-electron chi connectivity index (χ1n) is 3.40. The van der Waals surface area contributed by atoms with E-state index in [2.05, 4.69) is 11.6 Å². The number of hydrogen-bond acceptors (Lipinski definition) is 2. The topological polar surface area (TPSA) is 34.1 Å². The van der Waals surface area contributed by atoms with Gasteiger partial charge in [-0.3, -0.25) is 0 Å². The molecule has 0 aliphatic heterocycles. The fraction of sp³-hybridized carbons (Fsp3) is 1.00. The fourth-order valence-corrected chi connectivity index (χ4v) is 1.31. The lowest BCUT2D eigenvalue weighted by atomic mass is 10.2. The number of rotatable bonds is 4. The van der Waals surface area contributed by atoms with Crippen LogP contribution in [-0.2, 0) is 9.84 Å². The van der Waals surface area contributed by atoms with Crippen molar-refractivity contribution in [3.8, 4) is 0 Å². The molecule has 0 N–H and O–H groups in total. The van der Waals surface area contributed by atoms with Crippen LogP contribution in [-0.4, -0.2) is 37.2 Å². The van der Waals surface area contributed by atoms with E-state index in [1.807, 2.05) is 0 Å². The molecular weight excluding hydrogens is 312 g/mol. The smallest absolute Gasteiger partial charge is 0.223 e. The average molecular weight is 315 g/mol. The zero-order chi connectivity index (χ0) is 14.5. The van der Waals surface area contributed by atoms with E-state index in [-0.39, 0.29) is 0 Å². The van der Waals surface area contributed by atoms with Crippen molar-refractivity contribution in [2.75, 3.05) is 6.26 Å². The van der Waals surface area contributed by atoms with Crippen LogP contribution in [0.2, 0.25) is 0 Å². The van der Waals surface area contributed by atoms with Crippen LogP contribution in [0.3, 0.4) is 0 Å². The Labute approximate surface area is 94.5 Å². The van der Waals surface area contributed by atoms with E-state index in [9.17, 15) is 43.5 Å². The van der Waals surface area contributed by atoms with E-state index in [1.54, 1.807) is 0 Å². The lowest BCUT2D eigenvalue weighted by molar-refractivity contribution is -0.326. The molecule has 0 bridgehead atoms. The molecule has 0 radical (unpaired) electrons. The van der Waals surface area contributed by atoms with Crippen molar-refractivity contribution in [2.45, 2.75) is 22.5 Å². The van der Waals surface area contributed by atoms with Crippen LogP contribution in [0.5, 0.6) is 0 Å². The first-order chi connectivity index (χ1) is 7.00. The molecule has 0 saturated heterocycles. The molecule has 0 saturated carbocycles. The quantitative estimate of drug-likeness (QED) is 0.590. The molecule has 0 spiro atoms. The Bertz CT molecular complexity index is 397. The zero-order valence-corrected chi connectivity index (χ0v) is 9.20. The summed E-state index contributed by atoms with van der Waals surface area (Å²) in [6.45, 7) is 0. The molecule has 0 aliphatic rings. The van der Waals surface area contributed by atoms with Gasteiger partial charge in [0.2, 0.25) is 9.84 Å². The molecule has 104 valence electrons. The van der Waals surface area contributed by atoms with Gasteiger partial charge < -0.3 is 0 Å². The second-order valence-corrected chi connectivity index (χ2v) is 5.47. The van der Waals surface area contributed by atoms with Crippen LogP contribution in [0.4, 0.5) is 35.1 Å². The second-order valence-electron chi connectivity index (χ2n) is 2.94. The molecule has 0 fully saturated rings. The predicted octanol–water partition coefficient (Wildman–Crippen LogP) is 2.73. The van der Waals surface area contributed by atoms with Crippen molar-refractivity contribution in [1.82, 2.24) is 0 Å². The fourth-order valence-electron chi connectivity index (χ4n) is 0.594. The largest absolute Gasteiger partial charge is 0.413 e. The summed E-state index contributed by atoms with van der Waals surface area (Å²) in [5.74, 6) is -13.6. The van der Waals surface area contributed by atoms with Gasteiger partial charge in [0.05, 0.1) is 0 Å². The molecule has 17 heavy (non-hydrogen) atoms. The Balaban J connectivity index is 5.91. The van der Waals surface area contributed by atoms with Crippen LogP contribution >= 0.6 is 11.6 Å². The number of hydrogen-bond donors (Lipinski definition) is 0. The Morgan fingerprint density at radius 2 is 1.12 bits per heavy atom. The maximum absolute atomic E-state index is 12.5. The van der Waals surface area contributed by atoms with Gasteiger partial charge in [-0.05, 0) is 11.6 Å². The van der Waals surface area contributed by atoms with E-state index >= 15 is 0 Å². The molecule has 0 rings (SSSR count). The maximum atomic E-state index is 12.5. The third-order valence-electron chi connectivity index (χ3n) is 1.58. The molecule has 0 aromatic carbocycles. The number of halogens is 9. The van der Waals surface area contributed by atoms with Crippen LogP contribution < -0.4 is 0 Å². The summed E-state index contributed by atoms with van der Waals surface area (Å²) < 4.78 is 119. The Hall–Kier alpha value is -0.320. The third-order valence-corrected chi connectivity index (χ3v) is 3.01. The highest BCUT2D eigenvalue weighted by Crippen LogP contribution is 2.55. The number of alkyl halides is 9. The third kappa shape index (κ3) is 2.30. The molecule has 0 aromatic heterocycles. The summed E-state index contributed by atoms with van der Waals surface area (Å²) in [4.78, 5) is 0. The molecule has 12 heteroatoms. The summed E-state index contributed by atoms with van der Waals surface area (Å²) in [7, 11) is -6.06. The van der Waals surface area contributed by atoms with Crippen molar-refractivity contribution in [3.05, 3.63) is 0 Å². The first-order valence-corrected chi connectivity index (χ1v) is 5.67. The lowest BCUT2D eigenvalue weighted by Gasteiger charge is -2.33. The average Bonchev–Trinajstić information content (AvgIpc) is 1.98. The molecular formula is C5H3ClF8O2S. The lowest BCUT2D eigenvalue weighted by Crippen LogP contribution is -2.62. The normalized spacial score (nSPS) is 16.1. The van der Waals surface area contributed by atoms with Crippen LogP contribution in [0, 0.1) is 0 Å². The zero-order valence-electron chi connectivity index (χ0n) is 7.63. The highest BCUT2D eigenvalue weighted by atomic mass is 35.5. The van der Waals surface area contributed by atoms with Crippen LogP contribution in [0.1, 0.15) is 0 Å². The Morgan fingerprint density at radius 1 is 0.824 bits per heavy atom. The van der Waals surface area contributed by atoms with Gasteiger partial charge >= 0.3 is 22.5 Å². The standard InChI is InChI=1S/C5H3ClF8O2S/c1-17(15,16)5(13,14)3(9,10)2(7,8)4(6,11)12/h1H3. The van der Waals surface area contributed by atoms with E-state index < -0.39 is 38.6 Å². The van der Waals surface area contributed by atoms with Gasteiger partial charge in [-0.15, -0.1) is 0 Å². The highest BCUT2D eigenvalue weighted by Gasteiger charge is 2.83. The maximum Gasteiger partial charge on any atom is 0.413 e. The molecule has 0 amide bonds. The van der Waals surface area contributed by atoms with Gasteiger partial charge in [-0.1, -0.05) is 0 Å². The first kappa shape index (κ1) is 16.7. The van der Waals surface area contributed by atoms with Gasteiger partial charge in [0.1, 0.15) is 0 Å². The van der Waals surface area contributed by atoms with Crippen LogP contribution in [0.15, 0.2) is 0 Å². The predicted molar refractivity (Wildman–Crippen MR) is 40.5 cm³/mol. The molecule has 0 atom stereocenters. The van der Waals surface area contributed by atoms with E-state index in [0.29, 0.717) is 0 Å². The van der Waals surface area contributed by atoms with Gasteiger partial charge in [0.25, 0.3) is 0 Å². The van der Waals surface area contributed by atoms with Gasteiger partial charge in [0, 0.05) is 6.26 Å². The highest BCUT2D eigenvalue weighted by molar-refractivity contribution is 7.91. The molecule has 0 heterocycles. The van der Waals surface area contributed by atoms with E-state index in [1.165, 1.54) is 0 Å². The molecule has 2 nitrogen and oxygen atoms in total. The summed E-state index contributed by atoms with van der Waals surface area (Å²) in [6.07, 6.45) is -0.511. The minimum Gasteiger partial charge on any atom is -0.223 e. The van der Waals surface area contributed by atoms with Crippen molar-refractivity contribution in [3.63, 3.8) is 0 Å². The monoisotopic (exact) mass is 314 g/mol. The molecule has 0 aromatic rings. The van der Waals surface area contributed by atoms with Crippen molar-refractivity contribution in [1.29, 1.82) is 0 Å². The second kappa shape index (κ2) is 3.84. The summed E-state index contributed by atoms with van der Waals surface area (Å²) in [6, 6.07) is 0. The van der Waals surface area contributed by atoms with E-state index in [0.717, 1.165) is 0 Å². The number of sulfone groups is 1. The SMILES string of the molecule is CS(=O)(=O)C(F)(F)C(F)(F)C(F)(F)C(F)(F)Cl. The van der Waals surface area contributed by atoms with E-state index in [4.69, 9.17) is 0 Å².